The normalized spacial score (nSPS) is 12.9. The van der Waals surface area contributed by atoms with Gasteiger partial charge in [0.2, 0.25) is 11.8 Å². The van der Waals surface area contributed by atoms with Crippen molar-refractivity contribution < 1.29 is 29.0 Å². The number of hydrogen-bond donors (Lipinski definition) is 3. The first-order chi connectivity index (χ1) is 10.3. The number of nitrogens with one attached hydrogen (secondary N) is 2. The van der Waals surface area contributed by atoms with Crippen LogP contribution >= 0.6 is 21.6 Å². The van der Waals surface area contributed by atoms with Crippen molar-refractivity contribution in [3.8, 4) is 0 Å². The van der Waals surface area contributed by atoms with Crippen LogP contribution in [0.4, 0.5) is 0 Å². The van der Waals surface area contributed by atoms with Crippen molar-refractivity contribution in [1.29, 1.82) is 0 Å². The molecule has 0 aromatic carbocycles. The first-order valence-corrected chi connectivity index (χ1v) is 8.94. The molecule has 22 heavy (non-hydrogen) atoms. The Morgan fingerprint density at radius 2 is 1.45 bits per heavy atom. The van der Waals surface area contributed by atoms with Gasteiger partial charge in [-0.05, 0) is 6.92 Å². The summed E-state index contributed by atoms with van der Waals surface area (Å²) in [6.45, 7) is 4.40. The average Bonchev–Trinajstić information content (AvgIpc) is 2.39. The van der Waals surface area contributed by atoms with Crippen LogP contribution in [0, 0.1) is 0 Å². The summed E-state index contributed by atoms with van der Waals surface area (Å²) in [6, 6.07) is -1.80. The Morgan fingerprint density at radius 3 is 1.86 bits per heavy atom. The summed E-state index contributed by atoms with van der Waals surface area (Å²) in [7, 11) is 2.40. The van der Waals surface area contributed by atoms with Crippen LogP contribution in [0.5, 0.6) is 0 Å². The molecule has 0 aliphatic heterocycles. The quantitative estimate of drug-likeness (QED) is 0.286. The number of hydrogen-bond acceptors (Lipinski definition) is 7. The molecule has 2 amide bonds. The van der Waals surface area contributed by atoms with E-state index in [1.165, 1.54) is 35.4 Å². The SMILES string of the molecule is CCOC(=O)[C@H](CSSC[C@H](NC(C)=O)C(=O)O)NC(C)=O. The molecule has 0 aliphatic carbocycles. The lowest BCUT2D eigenvalue weighted by atomic mass is 10.3. The number of amides is 2. The zero-order valence-corrected chi connectivity index (χ0v) is 14.2. The topological polar surface area (TPSA) is 122 Å². The minimum absolute atomic E-state index is 0.134. The van der Waals surface area contributed by atoms with Crippen molar-refractivity contribution in [2.45, 2.75) is 32.9 Å². The summed E-state index contributed by atoms with van der Waals surface area (Å²) in [4.78, 5) is 44.5. The minimum Gasteiger partial charge on any atom is -0.480 e. The van der Waals surface area contributed by atoms with Crippen LogP contribution in [-0.4, -0.2) is 59.1 Å². The van der Waals surface area contributed by atoms with Crippen molar-refractivity contribution in [1.82, 2.24) is 10.6 Å². The van der Waals surface area contributed by atoms with Gasteiger partial charge in [-0.25, -0.2) is 9.59 Å². The predicted octanol–water partition coefficient (Wildman–Crippen LogP) is 0.0249. The van der Waals surface area contributed by atoms with Gasteiger partial charge in [0.1, 0.15) is 12.1 Å². The van der Waals surface area contributed by atoms with Crippen molar-refractivity contribution >= 4 is 45.3 Å². The number of carbonyl (C=O) groups is 4. The van der Waals surface area contributed by atoms with Crippen molar-refractivity contribution in [3.63, 3.8) is 0 Å². The number of rotatable bonds is 10. The molecule has 0 saturated heterocycles. The highest BCUT2D eigenvalue weighted by Crippen LogP contribution is 2.23. The minimum atomic E-state index is -1.13. The Hall–Kier alpha value is -1.42. The summed E-state index contributed by atoms with van der Waals surface area (Å²) in [6.07, 6.45) is 0. The molecule has 0 spiro atoms. The van der Waals surface area contributed by atoms with Gasteiger partial charge in [-0.15, -0.1) is 0 Å². The first kappa shape index (κ1) is 20.6. The molecule has 0 aromatic heterocycles. The lowest BCUT2D eigenvalue weighted by Gasteiger charge is -2.16. The number of aliphatic carboxylic acids is 1. The van der Waals surface area contributed by atoms with E-state index in [0.717, 1.165) is 0 Å². The van der Waals surface area contributed by atoms with Gasteiger partial charge in [0.25, 0.3) is 0 Å². The van der Waals surface area contributed by atoms with Gasteiger partial charge in [-0.1, -0.05) is 21.6 Å². The maximum atomic E-state index is 11.6. The van der Waals surface area contributed by atoms with Crippen LogP contribution in [0.2, 0.25) is 0 Å². The number of carbonyl (C=O) groups excluding carboxylic acids is 3. The van der Waals surface area contributed by atoms with Crippen LogP contribution in [-0.2, 0) is 23.9 Å². The molecule has 0 radical (unpaired) electrons. The van der Waals surface area contributed by atoms with Crippen LogP contribution in [0.3, 0.4) is 0 Å². The summed E-state index contributed by atoms with van der Waals surface area (Å²) in [5.74, 6) is -2.09. The van der Waals surface area contributed by atoms with Crippen LogP contribution in [0.1, 0.15) is 20.8 Å². The molecular weight excluding hydrogens is 332 g/mol. The maximum absolute atomic E-state index is 11.6. The average molecular weight is 352 g/mol. The largest absolute Gasteiger partial charge is 0.480 e. The molecular formula is C12H20N2O6S2. The number of carboxylic acid groups (broad SMARTS) is 1. The monoisotopic (exact) mass is 352 g/mol. The number of carboxylic acids is 1. The van der Waals surface area contributed by atoms with Crippen LogP contribution in [0.15, 0.2) is 0 Å². The molecule has 0 fully saturated rings. The summed E-state index contributed by atoms with van der Waals surface area (Å²) < 4.78 is 4.85. The summed E-state index contributed by atoms with van der Waals surface area (Å²) in [5, 5.41) is 13.7. The van der Waals surface area contributed by atoms with Crippen molar-refractivity contribution in [2.24, 2.45) is 0 Å². The molecule has 0 heterocycles. The van der Waals surface area contributed by atoms with Gasteiger partial charge in [-0.2, -0.15) is 0 Å². The number of esters is 1. The summed E-state index contributed by atoms with van der Waals surface area (Å²) in [5.41, 5.74) is 0. The molecule has 2 atom stereocenters. The fraction of sp³-hybridized carbons (Fsp3) is 0.667. The highest BCUT2D eigenvalue weighted by atomic mass is 33.1. The third-order valence-corrected chi connectivity index (χ3v) is 4.60. The molecule has 0 rings (SSSR count). The first-order valence-electron chi connectivity index (χ1n) is 6.46. The molecule has 0 unspecified atom stereocenters. The Balaban J connectivity index is 4.30. The summed E-state index contributed by atoms with van der Waals surface area (Å²) >= 11 is 0. The molecule has 126 valence electrons. The third-order valence-electron chi connectivity index (χ3n) is 2.18. The van der Waals surface area contributed by atoms with E-state index in [1.807, 2.05) is 0 Å². The molecule has 0 bridgehead atoms. The second-order valence-corrected chi connectivity index (χ2v) is 6.72. The molecule has 0 aromatic rings. The predicted molar refractivity (Wildman–Crippen MR) is 84.4 cm³/mol. The fourth-order valence-corrected chi connectivity index (χ4v) is 3.61. The fourth-order valence-electron chi connectivity index (χ4n) is 1.31. The lowest BCUT2D eigenvalue weighted by molar-refractivity contribution is -0.146. The molecule has 3 N–H and O–H groups in total. The van der Waals surface area contributed by atoms with Gasteiger partial charge in [0.05, 0.1) is 6.61 Å². The highest BCUT2D eigenvalue weighted by molar-refractivity contribution is 8.76. The Morgan fingerprint density at radius 1 is 1.00 bits per heavy atom. The second kappa shape index (κ2) is 11.2. The zero-order valence-electron chi connectivity index (χ0n) is 12.6. The molecule has 0 aliphatic rings. The third kappa shape index (κ3) is 9.50. The Kier molecular flexibility index (Phi) is 10.5. The standard InChI is InChI=1S/C12H20N2O6S2/c1-4-20-12(19)10(14-8(3)16)6-22-21-5-9(11(17)18)13-7(2)15/h9-10H,4-6H2,1-3H3,(H,13,15)(H,14,16)(H,17,18)/t9-,10-/m0/s1. The van der Waals surface area contributed by atoms with Crippen LogP contribution < -0.4 is 10.6 Å². The zero-order chi connectivity index (χ0) is 17.1. The van der Waals surface area contributed by atoms with Gasteiger partial charge >= 0.3 is 11.9 Å². The van der Waals surface area contributed by atoms with Gasteiger partial charge in [-0.3, -0.25) is 9.59 Å². The molecule has 0 saturated carbocycles. The van der Waals surface area contributed by atoms with Crippen LogP contribution in [0.25, 0.3) is 0 Å². The Labute approximate surface area is 136 Å². The Bertz CT molecular complexity index is 418. The van der Waals surface area contributed by atoms with E-state index in [9.17, 15) is 19.2 Å². The van der Waals surface area contributed by atoms with E-state index in [0.29, 0.717) is 0 Å². The number of ether oxygens (including phenoxy) is 1. The highest BCUT2D eigenvalue weighted by Gasteiger charge is 2.22. The lowest BCUT2D eigenvalue weighted by Crippen LogP contribution is -2.43. The maximum Gasteiger partial charge on any atom is 0.329 e. The van der Waals surface area contributed by atoms with Gasteiger partial charge in [0, 0.05) is 25.4 Å². The second-order valence-electron chi connectivity index (χ2n) is 4.17. The van der Waals surface area contributed by atoms with Crippen molar-refractivity contribution in [3.05, 3.63) is 0 Å². The smallest absolute Gasteiger partial charge is 0.329 e. The van der Waals surface area contributed by atoms with Gasteiger partial charge in [0.15, 0.2) is 0 Å². The molecule has 10 heteroatoms. The van der Waals surface area contributed by atoms with Gasteiger partial charge < -0.3 is 20.5 Å². The van der Waals surface area contributed by atoms with E-state index < -0.39 is 29.9 Å². The van der Waals surface area contributed by atoms with E-state index in [-0.39, 0.29) is 24.0 Å². The molecule has 8 nitrogen and oxygen atoms in total. The van der Waals surface area contributed by atoms with E-state index >= 15 is 0 Å². The van der Waals surface area contributed by atoms with E-state index in [4.69, 9.17) is 9.84 Å². The van der Waals surface area contributed by atoms with Crippen molar-refractivity contribution in [2.75, 3.05) is 18.1 Å². The van der Waals surface area contributed by atoms with E-state index in [1.54, 1.807) is 6.92 Å². The van der Waals surface area contributed by atoms with E-state index in [2.05, 4.69) is 10.6 Å².